The average Bonchev–Trinajstić information content (AvgIpc) is 2.97. The maximum absolute atomic E-state index is 12.2. The molecule has 5 atom stereocenters. The van der Waals surface area contributed by atoms with Crippen molar-refractivity contribution < 1.29 is 20.1 Å². The Balaban J connectivity index is 1.61. The molecule has 0 unspecified atom stereocenters. The molecule has 148 valence electrons. The quantitative estimate of drug-likeness (QED) is 0.743. The largest absolute Gasteiger partial charge is 0.504 e. The summed E-state index contributed by atoms with van der Waals surface area (Å²) >= 11 is 0. The van der Waals surface area contributed by atoms with Crippen LogP contribution in [0.1, 0.15) is 56.6 Å². The van der Waals surface area contributed by atoms with Gasteiger partial charge < -0.3 is 20.1 Å². The van der Waals surface area contributed by atoms with Gasteiger partial charge >= 0.3 is 0 Å². The van der Waals surface area contributed by atoms with E-state index >= 15 is 0 Å². The van der Waals surface area contributed by atoms with Crippen LogP contribution in [0.3, 0.4) is 0 Å². The summed E-state index contributed by atoms with van der Waals surface area (Å²) in [5.41, 5.74) is 0.322. The van der Waals surface area contributed by atoms with Crippen LogP contribution in [0.5, 0.6) is 11.5 Å². The van der Waals surface area contributed by atoms with Gasteiger partial charge in [0.1, 0.15) is 6.10 Å². The number of benzene rings is 1. The highest BCUT2D eigenvalue weighted by Gasteiger charge is 2.70. The number of aryl methyl sites for hydroxylation is 1. The first-order valence-electron chi connectivity index (χ1n) is 10.5. The Bertz CT molecular complexity index is 763. The van der Waals surface area contributed by atoms with Gasteiger partial charge in [0, 0.05) is 18.2 Å². The zero-order valence-corrected chi connectivity index (χ0v) is 16.3. The minimum Gasteiger partial charge on any atom is -0.504 e. The third kappa shape index (κ3) is 2.16. The summed E-state index contributed by atoms with van der Waals surface area (Å²) in [6.07, 6.45) is 4.64. The Morgan fingerprint density at radius 1 is 1.22 bits per heavy atom. The molecule has 0 bridgehead atoms. The van der Waals surface area contributed by atoms with E-state index in [2.05, 4.69) is 11.8 Å². The SMILES string of the molecule is Cc1ccc(O)c2c1[C@@]13CCN(CC4CCC4)[C@@H](C)[C@@]1(O)CC[C@@H](O)[C@H]3O2. The molecular weight excluding hydrogens is 342 g/mol. The zero-order valence-electron chi connectivity index (χ0n) is 16.3. The second kappa shape index (κ2) is 5.85. The van der Waals surface area contributed by atoms with Crippen LogP contribution in [-0.4, -0.2) is 57.2 Å². The normalized spacial score (nSPS) is 41.3. The standard InChI is InChI=1S/C22H31NO4/c1-13-6-7-16(24)19-18(13)21-10-11-23(12-15-4-3-5-15)14(2)22(21,26)9-8-17(25)20(21)27-19/h6-7,14-15,17,20,24-26H,3-5,8-12H2,1-2H3/t14-,17+,20+,21+,22-/m0/s1. The number of nitrogens with zero attached hydrogens (tertiary/aromatic N) is 1. The van der Waals surface area contributed by atoms with Crippen LogP contribution in [0.4, 0.5) is 0 Å². The second-order valence-electron chi connectivity index (χ2n) is 9.36. The monoisotopic (exact) mass is 373 g/mol. The summed E-state index contributed by atoms with van der Waals surface area (Å²) in [5, 5.41) is 33.4. The van der Waals surface area contributed by atoms with E-state index in [9.17, 15) is 15.3 Å². The van der Waals surface area contributed by atoms with E-state index in [0.717, 1.165) is 36.6 Å². The number of ether oxygens (including phenoxy) is 1. The zero-order chi connectivity index (χ0) is 19.0. The molecule has 1 aromatic carbocycles. The molecular formula is C22H31NO4. The Morgan fingerprint density at radius 2 is 2.00 bits per heavy atom. The predicted octanol–water partition coefficient (Wildman–Crippen LogP) is 2.48. The van der Waals surface area contributed by atoms with Gasteiger partial charge in [-0.25, -0.2) is 0 Å². The third-order valence-corrected chi connectivity index (χ3v) is 8.21. The Kier molecular flexibility index (Phi) is 3.85. The molecule has 3 N–H and O–H groups in total. The van der Waals surface area contributed by atoms with Gasteiger partial charge in [0.2, 0.25) is 0 Å². The van der Waals surface area contributed by atoms with Crippen molar-refractivity contribution in [3.8, 4) is 11.5 Å². The molecule has 1 saturated heterocycles. The van der Waals surface area contributed by atoms with Crippen LogP contribution in [0.2, 0.25) is 0 Å². The molecule has 2 aliphatic carbocycles. The Labute approximate surface area is 161 Å². The van der Waals surface area contributed by atoms with Gasteiger partial charge in [0.25, 0.3) is 0 Å². The molecule has 27 heavy (non-hydrogen) atoms. The van der Waals surface area contributed by atoms with Gasteiger partial charge in [-0.05, 0) is 70.0 Å². The fraction of sp³-hybridized carbons (Fsp3) is 0.727. The van der Waals surface area contributed by atoms with Gasteiger partial charge in [0.15, 0.2) is 11.5 Å². The number of aromatic hydroxyl groups is 1. The van der Waals surface area contributed by atoms with Gasteiger partial charge in [-0.2, -0.15) is 0 Å². The van der Waals surface area contributed by atoms with E-state index in [1.807, 2.05) is 13.0 Å². The molecule has 2 aliphatic heterocycles. The molecule has 5 heteroatoms. The van der Waals surface area contributed by atoms with Crippen molar-refractivity contribution in [1.82, 2.24) is 4.90 Å². The number of phenolic OH excluding ortho intramolecular Hbond substituents is 1. The lowest BCUT2D eigenvalue weighted by Crippen LogP contribution is -2.74. The van der Waals surface area contributed by atoms with E-state index in [-0.39, 0.29) is 11.8 Å². The van der Waals surface area contributed by atoms with Crippen LogP contribution in [0.15, 0.2) is 12.1 Å². The summed E-state index contributed by atoms with van der Waals surface area (Å²) in [4.78, 5) is 2.46. The number of piperidine rings is 1. The summed E-state index contributed by atoms with van der Waals surface area (Å²) in [6, 6.07) is 3.56. The highest BCUT2D eigenvalue weighted by atomic mass is 16.5. The van der Waals surface area contributed by atoms with Crippen LogP contribution in [-0.2, 0) is 5.41 Å². The molecule has 1 spiro atoms. The lowest BCUT2D eigenvalue weighted by Gasteiger charge is -2.61. The Hall–Kier alpha value is -1.30. The predicted molar refractivity (Wildman–Crippen MR) is 102 cm³/mol. The smallest absolute Gasteiger partial charge is 0.165 e. The number of hydrogen-bond donors (Lipinski definition) is 3. The van der Waals surface area contributed by atoms with Crippen LogP contribution < -0.4 is 4.74 Å². The van der Waals surface area contributed by atoms with Crippen LogP contribution in [0.25, 0.3) is 0 Å². The molecule has 1 aromatic rings. The first kappa shape index (κ1) is 17.8. The third-order valence-electron chi connectivity index (χ3n) is 8.21. The summed E-state index contributed by atoms with van der Waals surface area (Å²) in [6.45, 7) is 6.11. The number of likely N-dealkylation sites (tertiary alicyclic amines) is 1. The number of aliphatic hydroxyl groups is 2. The lowest BCUT2D eigenvalue weighted by atomic mass is 9.52. The fourth-order valence-corrected chi connectivity index (χ4v) is 6.46. The maximum atomic E-state index is 12.2. The molecule has 2 heterocycles. The van der Waals surface area contributed by atoms with E-state index in [1.54, 1.807) is 6.07 Å². The summed E-state index contributed by atoms with van der Waals surface area (Å²) in [7, 11) is 0. The first-order valence-corrected chi connectivity index (χ1v) is 10.5. The van der Waals surface area contributed by atoms with Gasteiger partial charge in [0.05, 0.1) is 17.1 Å². The van der Waals surface area contributed by atoms with Crippen molar-refractivity contribution in [3.63, 3.8) is 0 Å². The average molecular weight is 373 g/mol. The summed E-state index contributed by atoms with van der Waals surface area (Å²) < 4.78 is 6.18. The van der Waals surface area contributed by atoms with Crippen LogP contribution >= 0.6 is 0 Å². The van der Waals surface area contributed by atoms with Crippen molar-refractivity contribution >= 4 is 0 Å². The molecule has 2 saturated carbocycles. The molecule has 5 nitrogen and oxygen atoms in total. The lowest BCUT2D eigenvalue weighted by molar-refractivity contribution is -0.201. The molecule has 3 fully saturated rings. The van der Waals surface area contributed by atoms with Crippen molar-refractivity contribution in [1.29, 1.82) is 0 Å². The number of aliphatic hydroxyl groups excluding tert-OH is 1. The first-order chi connectivity index (χ1) is 12.9. The fourth-order valence-electron chi connectivity index (χ4n) is 6.46. The summed E-state index contributed by atoms with van der Waals surface area (Å²) in [5.74, 6) is 1.34. The van der Waals surface area contributed by atoms with Crippen molar-refractivity contribution in [3.05, 3.63) is 23.3 Å². The molecule has 0 aromatic heterocycles. The van der Waals surface area contributed by atoms with E-state index in [1.165, 1.54) is 19.3 Å². The number of fused-ring (bicyclic) bond motifs is 1. The maximum Gasteiger partial charge on any atom is 0.165 e. The van der Waals surface area contributed by atoms with E-state index in [4.69, 9.17) is 4.74 Å². The van der Waals surface area contributed by atoms with Crippen molar-refractivity contribution in [2.45, 2.75) is 81.6 Å². The van der Waals surface area contributed by atoms with Gasteiger partial charge in [-0.15, -0.1) is 0 Å². The van der Waals surface area contributed by atoms with E-state index in [0.29, 0.717) is 18.6 Å². The number of rotatable bonds is 2. The highest BCUT2D eigenvalue weighted by Crippen LogP contribution is 2.62. The molecule has 0 amide bonds. The molecule has 0 radical (unpaired) electrons. The number of hydrogen-bond acceptors (Lipinski definition) is 5. The number of phenols is 1. The van der Waals surface area contributed by atoms with Crippen LogP contribution in [0, 0.1) is 12.8 Å². The van der Waals surface area contributed by atoms with E-state index < -0.39 is 23.2 Å². The topological polar surface area (TPSA) is 73.2 Å². The Morgan fingerprint density at radius 3 is 2.70 bits per heavy atom. The second-order valence-corrected chi connectivity index (χ2v) is 9.36. The minimum absolute atomic E-state index is 0.00171. The van der Waals surface area contributed by atoms with Gasteiger partial charge in [-0.3, -0.25) is 4.90 Å². The van der Waals surface area contributed by atoms with Crippen molar-refractivity contribution in [2.75, 3.05) is 13.1 Å². The molecule has 4 aliphatic rings. The minimum atomic E-state index is -0.970. The van der Waals surface area contributed by atoms with Gasteiger partial charge in [-0.1, -0.05) is 12.5 Å². The van der Waals surface area contributed by atoms with Crippen molar-refractivity contribution in [2.24, 2.45) is 5.92 Å². The molecule has 5 rings (SSSR count). The highest BCUT2D eigenvalue weighted by molar-refractivity contribution is 5.60.